The number of hydrogen-bond acceptors (Lipinski definition) is 8. The summed E-state index contributed by atoms with van der Waals surface area (Å²) in [6.07, 6.45) is 3.15. The van der Waals surface area contributed by atoms with Crippen LogP contribution in [-0.2, 0) is 6.54 Å². The molecule has 0 amide bonds. The van der Waals surface area contributed by atoms with Crippen LogP contribution in [0.2, 0.25) is 0 Å². The van der Waals surface area contributed by atoms with Crippen LogP contribution in [0.4, 0.5) is 5.69 Å². The van der Waals surface area contributed by atoms with Crippen LogP contribution in [0.3, 0.4) is 0 Å². The van der Waals surface area contributed by atoms with Crippen molar-refractivity contribution in [2.75, 3.05) is 7.05 Å². The Morgan fingerprint density at radius 1 is 1.23 bits per heavy atom. The molecule has 0 bridgehead atoms. The molecule has 0 aliphatic carbocycles. The van der Waals surface area contributed by atoms with E-state index in [1.165, 1.54) is 18.5 Å². The zero-order chi connectivity index (χ0) is 21.1. The normalized spacial score (nSPS) is 12.2. The molecule has 10 nitrogen and oxygen atoms in total. The van der Waals surface area contributed by atoms with Gasteiger partial charge in [-0.1, -0.05) is 29.4 Å². The number of nitro groups is 1. The molecule has 0 radical (unpaired) electrons. The molecule has 0 aliphatic heterocycles. The van der Waals surface area contributed by atoms with Crippen LogP contribution in [0.15, 0.2) is 65.7 Å². The Kier molecular flexibility index (Phi) is 5.31. The van der Waals surface area contributed by atoms with Crippen molar-refractivity contribution in [3.05, 3.63) is 82.8 Å². The first-order valence-corrected chi connectivity index (χ1v) is 9.24. The van der Waals surface area contributed by atoms with Gasteiger partial charge in [0, 0.05) is 23.7 Å². The zero-order valence-corrected chi connectivity index (χ0v) is 16.4. The highest BCUT2D eigenvalue weighted by molar-refractivity contribution is 5.58. The molecule has 0 saturated carbocycles. The summed E-state index contributed by atoms with van der Waals surface area (Å²) < 4.78 is 7.05. The fraction of sp³-hybridized carbons (Fsp3) is 0.200. The number of hydrogen-bond donors (Lipinski definition) is 0. The summed E-state index contributed by atoms with van der Waals surface area (Å²) in [5.74, 6) is 0.761. The molecular weight excluding hydrogens is 386 g/mol. The predicted molar refractivity (Wildman–Crippen MR) is 108 cm³/mol. The van der Waals surface area contributed by atoms with Crippen molar-refractivity contribution in [3.8, 4) is 17.1 Å². The average molecular weight is 405 g/mol. The molecule has 1 unspecified atom stereocenters. The van der Waals surface area contributed by atoms with Gasteiger partial charge in [-0.05, 0) is 31.7 Å². The molecule has 1 atom stereocenters. The molecule has 152 valence electrons. The van der Waals surface area contributed by atoms with Gasteiger partial charge in [0.15, 0.2) is 0 Å². The molecule has 4 rings (SSSR count). The first kappa shape index (κ1) is 19.4. The van der Waals surface area contributed by atoms with Crippen LogP contribution in [0.5, 0.6) is 0 Å². The van der Waals surface area contributed by atoms with Crippen molar-refractivity contribution in [2.45, 2.75) is 19.5 Å². The predicted octanol–water partition coefficient (Wildman–Crippen LogP) is 3.42. The molecule has 0 spiro atoms. The molecule has 0 fully saturated rings. The summed E-state index contributed by atoms with van der Waals surface area (Å²) in [6.45, 7) is 2.52. The number of aromatic nitrogens is 5. The van der Waals surface area contributed by atoms with Crippen molar-refractivity contribution in [1.29, 1.82) is 0 Å². The second kappa shape index (κ2) is 8.21. The van der Waals surface area contributed by atoms with Gasteiger partial charge in [0.2, 0.25) is 11.7 Å². The number of benzene rings is 2. The molecule has 2 heterocycles. The quantitative estimate of drug-likeness (QED) is 0.339. The fourth-order valence-electron chi connectivity index (χ4n) is 3.05. The third-order valence-electron chi connectivity index (χ3n) is 4.89. The summed E-state index contributed by atoms with van der Waals surface area (Å²) in [5.41, 5.74) is 2.59. The number of nitrogens with zero attached hydrogens (tertiary/aromatic N) is 7. The fourth-order valence-corrected chi connectivity index (χ4v) is 3.05. The third-order valence-corrected chi connectivity index (χ3v) is 4.89. The van der Waals surface area contributed by atoms with E-state index in [0.717, 1.165) is 11.3 Å². The highest BCUT2D eigenvalue weighted by Gasteiger charge is 2.17. The SMILES string of the molecule is CC(c1ccc(-n2cncn2)cc1)N(C)Cc1nc(-c2cccc([N+](=O)[O-])c2)no1. The highest BCUT2D eigenvalue weighted by atomic mass is 16.6. The van der Waals surface area contributed by atoms with Crippen LogP contribution in [0.25, 0.3) is 17.1 Å². The lowest BCUT2D eigenvalue weighted by Crippen LogP contribution is -2.22. The Morgan fingerprint density at radius 3 is 2.73 bits per heavy atom. The maximum atomic E-state index is 11.0. The van der Waals surface area contributed by atoms with Crippen LogP contribution in [-0.4, -0.2) is 41.8 Å². The summed E-state index contributed by atoms with van der Waals surface area (Å²) in [5, 5.41) is 19.0. The highest BCUT2D eigenvalue weighted by Crippen LogP contribution is 2.24. The minimum Gasteiger partial charge on any atom is -0.338 e. The molecular formula is C20H19N7O3. The van der Waals surface area contributed by atoms with Gasteiger partial charge in [-0.2, -0.15) is 10.1 Å². The molecule has 0 saturated heterocycles. The van der Waals surface area contributed by atoms with Crippen molar-refractivity contribution in [1.82, 2.24) is 29.8 Å². The van der Waals surface area contributed by atoms with Gasteiger partial charge in [-0.15, -0.1) is 0 Å². The van der Waals surface area contributed by atoms with Gasteiger partial charge in [0.05, 0.1) is 17.2 Å². The lowest BCUT2D eigenvalue weighted by atomic mass is 10.1. The zero-order valence-electron chi connectivity index (χ0n) is 16.4. The van der Waals surface area contributed by atoms with Crippen LogP contribution >= 0.6 is 0 Å². The van der Waals surface area contributed by atoms with Gasteiger partial charge < -0.3 is 4.52 Å². The van der Waals surface area contributed by atoms with E-state index < -0.39 is 4.92 Å². The topological polar surface area (TPSA) is 116 Å². The first-order chi connectivity index (χ1) is 14.5. The van der Waals surface area contributed by atoms with E-state index in [2.05, 4.69) is 32.0 Å². The Balaban J connectivity index is 1.44. The lowest BCUT2D eigenvalue weighted by molar-refractivity contribution is -0.384. The largest absolute Gasteiger partial charge is 0.338 e. The lowest BCUT2D eigenvalue weighted by Gasteiger charge is -2.23. The van der Waals surface area contributed by atoms with E-state index in [-0.39, 0.29) is 11.7 Å². The van der Waals surface area contributed by atoms with E-state index in [4.69, 9.17) is 4.52 Å². The maximum Gasteiger partial charge on any atom is 0.270 e. The van der Waals surface area contributed by atoms with Gasteiger partial charge in [-0.25, -0.2) is 9.67 Å². The standard InChI is InChI=1S/C20H19N7O3/c1-14(15-6-8-17(9-7-15)26-13-21-12-22-26)25(2)11-19-23-20(24-30-19)16-4-3-5-18(10-16)27(28)29/h3-10,12-14H,11H2,1-2H3. The van der Waals surface area contributed by atoms with E-state index >= 15 is 0 Å². The van der Waals surface area contributed by atoms with Gasteiger partial charge in [0.1, 0.15) is 12.7 Å². The molecule has 2 aromatic carbocycles. The van der Waals surface area contributed by atoms with E-state index in [1.807, 2.05) is 31.3 Å². The van der Waals surface area contributed by atoms with Crippen molar-refractivity contribution < 1.29 is 9.45 Å². The molecule has 10 heteroatoms. The number of nitro benzene ring substituents is 1. The van der Waals surface area contributed by atoms with Crippen molar-refractivity contribution in [2.24, 2.45) is 0 Å². The molecule has 30 heavy (non-hydrogen) atoms. The van der Waals surface area contributed by atoms with Gasteiger partial charge in [0.25, 0.3) is 5.69 Å². The van der Waals surface area contributed by atoms with Crippen molar-refractivity contribution in [3.63, 3.8) is 0 Å². The average Bonchev–Trinajstić information content (AvgIpc) is 3.46. The third kappa shape index (κ3) is 4.08. The summed E-state index contributed by atoms with van der Waals surface area (Å²) in [4.78, 5) is 20.9. The molecule has 2 aromatic heterocycles. The molecule has 0 N–H and O–H groups in total. The van der Waals surface area contributed by atoms with Crippen molar-refractivity contribution >= 4 is 5.69 Å². The summed E-state index contributed by atoms with van der Waals surface area (Å²) >= 11 is 0. The second-order valence-corrected chi connectivity index (χ2v) is 6.84. The van der Waals surface area contributed by atoms with E-state index in [0.29, 0.717) is 23.8 Å². The molecule has 4 aromatic rings. The smallest absolute Gasteiger partial charge is 0.270 e. The summed E-state index contributed by atoms with van der Waals surface area (Å²) in [6, 6.07) is 14.3. The van der Waals surface area contributed by atoms with E-state index in [9.17, 15) is 10.1 Å². The maximum absolute atomic E-state index is 11.0. The first-order valence-electron chi connectivity index (χ1n) is 9.24. The molecule has 0 aliphatic rings. The minimum atomic E-state index is -0.450. The minimum absolute atomic E-state index is 0.0149. The van der Waals surface area contributed by atoms with Gasteiger partial charge >= 0.3 is 0 Å². The van der Waals surface area contributed by atoms with Crippen LogP contribution in [0, 0.1) is 10.1 Å². The van der Waals surface area contributed by atoms with Crippen LogP contribution < -0.4 is 0 Å². The van der Waals surface area contributed by atoms with Gasteiger partial charge in [-0.3, -0.25) is 15.0 Å². The summed E-state index contributed by atoms with van der Waals surface area (Å²) in [7, 11) is 1.97. The monoisotopic (exact) mass is 405 g/mol. The van der Waals surface area contributed by atoms with Crippen LogP contribution in [0.1, 0.15) is 24.4 Å². The number of rotatable bonds is 7. The van der Waals surface area contributed by atoms with E-state index in [1.54, 1.807) is 23.1 Å². The Morgan fingerprint density at radius 2 is 2.03 bits per heavy atom. The second-order valence-electron chi connectivity index (χ2n) is 6.84. The Bertz CT molecular complexity index is 1140. The Hall–Kier alpha value is -3.92. The number of non-ortho nitro benzene ring substituents is 1. The Labute approximate surface area is 171 Å².